The van der Waals surface area contributed by atoms with Gasteiger partial charge in [0.2, 0.25) is 0 Å². The van der Waals surface area contributed by atoms with E-state index in [1.165, 1.54) is 36.4 Å². The Morgan fingerprint density at radius 2 is 2.05 bits per heavy atom. The number of nitrogens with two attached hydrogens (primary N) is 1. The van der Waals surface area contributed by atoms with Crippen LogP contribution in [0.5, 0.6) is 0 Å². The van der Waals surface area contributed by atoms with Gasteiger partial charge in [-0.15, -0.1) is 0 Å². The number of carboxylic acids is 1. The zero-order valence-corrected chi connectivity index (χ0v) is 10.2. The fourth-order valence-corrected chi connectivity index (χ4v) is 1.70. The summed E-state index contributed by atoms with van der Waals surface area (Å²) in [5.74, 6) is -1.73. The van der Waals surface area contributed by atoms with Gasteiger partial charge in [-0.25, -0.2) is 9.18 Å². The van der Waals surface area contributed by atoms with Crippen molar-refractivity contribution in [3.63, 3.8) is 0 Å². The highest BCUT2D eigenvalue weighted by Gasteiger charge is 2.10. The summed E-state index contributed by atoms with van der Waals surface area (Å²) in [4.78, 5) is 10.8. The van der Waals surface area contributed by atoms with Crippen LogP contribution in [0, 0.1) is 17.1 Å². The van der Waals surface area contributed by atoms with Gasteiger partial charge in [-0.05, 0) is 30.3 Å². The average Bonchev–Trinajstić information content (AvgIpc) is 2.41. The zero-order valence-electron chi connectivity index (χ0n) is 10.2. The van der Waals surface area contributed by atoms with E-state index in [1.54, 1.807) is 6.07 Å². The Kier molecular flexibility index (Phi) is 3.53. The lowest BCUT2D eigenvalue weighted by Crippen LogP contribution is -2.02. The van der Waals surface area contributed by atoms with Crippen molar-refractivity contribution in [2.75, 3.05) is 11.1 Å². The first-order chi connectivity index (χ1) is 9.52. The first-order valence-electron chi connectivity index (χ1n) is 5.61. The Morgan fingerprint density at radius 3 is 2.65 bits per heavy atom. The second-order valence-electron chi connectivity index (χ2n) is 4.01. The summed E-state index contributed by atoms with van der Waals surface area (Å²) in [5, 5.41) is 20.6. The first kappa shape index (κ1) is 13.4. The number of carbonyl (C=O) groups is 1. The van der Waals surface area contributed by atoms with Crippen molar-refractivity contribution in [3.8, 4) is 6.07 Å². The predicted octanol–water partition coefficient (Wildman–Crippen LogP) is 2.72. The third-order valence-electron chi connectivity index (χ3n) is 2.69. The molecule has 0 heterocycles. The van der Waals surface area contributed by atoms with Gasteiger partial charge < -0.3 is 16.2 Å². The maximum absolute atomic E-state index is 13.5. The highest BCUT2D eigenvalue weighted by atomic mass is 19.1. The molecule has 20 heavy (non-hydrogen) atoms. The second kappa shape index (κ2) is 5.28. The van der Waals surface area contributed by atoms with Crippen LogP contribution in [0.1, 0.15) is 15.9 Å². The lowest BCUT2D eigenvalue weighted by molar-refractivity contribution is 0.0697. The zero-order chi connectivity index (χ0) is 14.7. The number of hydrogen-bond donors (Lipinski definition) is 3. The average molecular weight is 271 g/mol. The molecule has 2 rings (SSSR count). The van der Waals surface area contributed by atoms with E-state index in [0.717, 1.165) is 0 Å². The molecular formula is C14H10FN3O2. The number of nitrogens with zero attached hydrogens (tertiary/aromatic N) is 1. The number of nitrogens with one attached hydrogen (secondary N) is 1. The van der Waals surface area contributed by atoms with E-state index in [0.29, 0.717) is 5.69 Å². The minimum absolute atomic E-state index is 0.0489. The van der Waals surface area contributed by atoms with Gasteiger partial charge in [0, 0.05) is 0 Å². The molecule has 0 saturated heterocycles. The summed E-state index contributed by atoms with van der Waals surface area (Å²) < 4.78 is 13.5. The maximum atomic E-state index is 13.5. The smallest absolute Gasteiger partial charge is 0.335 e. The van der Waals surface area contributed by atoms with E-state index in [2.05, 4.69) is 5.32 Å². The fourth-order valence-electron chi connectivity index (χ4n) is 1.70. The van der Waals surface area contributed by atoms with Crippen molar-refractivity contribution >= 4 is 23.0 Å². The Balaban J connectivity index is 2.39. The second-order valence-corrected chi connectivity index (χ2v) is 4.01. The van der Waals surface area contributed by atoms with Crippen molar-refractivity contribution in [2.24, 2.45) is 0 Å². The molecule has 4 N–H and O–H groups in total. The number of anilines is 3. The summed E-state index contributed by atoms with van der Waals surface area (Å²) in [7, 11) is 0. The topological polar surface area (TPSA) is 99.1 Å². The number of halogens is 1. The molecule has 0 fully saturated rings. The van der Waals surface area contributed by atoms with Crippen LogP contribution < -0.4 is 11.1 Å². The van der Waals surface area contributed by atoms with Gasteiger partial charge in [0.25, 0.3) is 0 Å². The van der Waals surface area contributed by atoms with Gasteiger partial charge in [0.15, 0.2) is 0 Å². The molecule has 0 bridgehead atoms. The molecule has 6 heteroatoms. The third-order valence-corrected chi connectivity index (χ3v) is 2.69. The van der Waals surface area contributed by atoms with Gasteiger partial charge in [0.1, 0.15) is 17.4 Å². The summed E-state index contributed by atoms with van der Waals surface area (Å²) in [6.45, 7) is 0. The Bertz CT molecular complexity index is 723. The van der Waals surface area contributed by atoms with Crippen LogP contribution in [-0.4, -0.2) is 11.1 Å². The van der Waals surface area contributed by atoms with Crippen LogP contribution in [0.3, 0.4) is 0 Å². The van der Waals surface area contributed by atoms with Gasteiger partial charge in [-0.1, -0.05) is 6.07 Å². The molecule has 2 aromatic rings. The number of rotatable bonds is 3. The summed E-state index contributed by atoms with van der Waals surface area (Å²) in [5.41, 5.74) is 6.51. The fraction of sp³-hybridized carbons (Fsp3) is 0. The van der Waals surface area contributed by atoms with Crippen LogP contribution >= 0.6 is 0 Å². The van der Waals surface area contributed by atoms with Crippen LogP contribution in [0.25, 0.3) is 0 Å². The molecule has 0 radical (unpaired) electrons. The SMILES string of the molecule is N#Cc1c(F)cccc1Nc1ccc(C(=O)O)cc1N. The van der Waals surface area contributed by atoms with Gasteiger partial charge in [-0.2, -0.15) is 5.26 Å². The molecule has 0 atom stereocenters. The monoisotopic (exact) mass is 271 g/mol. The normalized spacial score (nSPS) is 9.80. The highest BCUT2D eigenvalue weighted by molar-refractivity contribution is 5.91. The van der Waals surface area contributed by atoms with Gasteiger partial charge in [0.05, 0.1) is 22.6 Å². The quantitative estimate of drug-likeness (QED) is 0.745. The Hall–Kier alpha value is -3.07. The van der Waals surface area contributed by atoms with Gasteiger partial charge >= 0.3 is 5.97 Å². The summed E-state index contributed by atoms with van der Waals surface area (Å²) in [6, 6.07) is 10.1. The molecule has 0 amide bonds. The molecule has 0 aliphatic rings. The molecule has 2 aromatic carbocycles. The molecule has 0 unspecified atom stereocenters. The molecule has 0 spiro atoms. The largest absolute Gasteiger partial charge is 0.478 e. The lowest BCUT2D eigenvalue weighted by Gasteiger charge is -2.11. The maximum Gasteiger partial charge on any atom is 0.335 e. The van der Waals surface area contributed by atoms with Crippen molar-refractivity contribution in [1.82, 2.24) is 0 Å². The minimum Gasteiger partial charge on any atom is -0.478 e. The van der Waals surface area contributed by atoms with E-state index < -0.39 is 11.8 Å². The lowest BCUT2D eigenvalue weighted by atomic mass is 10.1. The summed E-state index contributed by atoms with van der Waals surface area (Å²) in [6.07, 6.45) is 0. The van der Waals surface area contributed by atoms with E-state index in [1.807, 2.05) is 0 Å². The Morgan fingerprint density at radius 1 is 1.30 bits per heavy atom. The van der Waals surface area contributed by atoms with Crippen molar-refractivity contribution in [3.05, 3.63) is 53.3 Å². The number of benzene rings is 2. The number of nitrogen functional groups attached to an aromatic ring is 1. The van der Waals surface area contributed by atoms with Crippen molar-refractivity contribution < 1.29 is 14.3 Å². The highest BCUT2D eigenvalue weighted by Crippen LogP contribution is 2.27. The van der Waals surface area contributed by atoms with E-state index in [-0.39, 0.29) is 22.5 Å². The van der Waals surface area contributed by atoms with Gasteiger partial charge in [-0.3, -0.25) is 0 Å². The van der Waals surface area contributed by atoms with E-state index in [9.17, 15) is 9.18 Å². The van der Waals surface area contributed by atoms with Crippen LogP contribution in [0.15, 0.2) is 36.4 Å². The molecule has 0 aliphatic carbocycles. The van der Waals surface area contributed by atoms with E-state index >= 15 is 0 Å². The molecule has 0 aromatic heterocycles. The van der Waals surface area contributed by atoms with Crippen LogP contribution in [-0.2, 0) is 0 Å². The number of nitriles is 1. The third kappa shape index (κ3) is 2.52. The molecule has 0 saturated carbocycles. The molecule has 5 nitrogen and oxygen atoms in total. The number of aromatic carboxylic acids is 1. The summed E-state index contributed by atoms with van der Waals surface area (Å²) >= 11 is 0. The molecule has 100 valence electrons. The van der Waals surface area contributed by atoms with Crippen molar-refractivity contribution in [1.29, 1.82) is 5.26 Å². The Labute approximate surface area is 114 Å². The van der Waals surface area contributed by atoms with Crippen LogP contribution in [0.2, 0.25) is 0 Å². The minimum atomic E-state index is -1.09. The number of hydrogen-bond acceptors (Lipinski definition) is 4. The molecule has 0 aliphatic heterocycles. The van der Waals surface area contributed by atoms with E-state index in [4.69, 9.17) is 16.1 Å². The predicted molar refractivity (Wildman–Crippen MR) is 72.2 cm³/mol. The van der Waals surface area contributed by atoms with Crippen molar-refractivity contribution in [2.45, 2.75) is 0 Å². The molecular weight excluding hydrogens is 261 g/mol. The van der Waals surface area contributed by atoms with Crippen LogP contribution in [0.4, 0.5) is 21.5 Å². The number of carboxylic acid groups (broad SMARTS) is 1. The first-order valence-corrected chi connectivity index (χ1v) is 5.61. The standard InChI is InChI=1S/C14H10FN3O2/c15-10-2-1-3-12(9(10)7-16)18-13-5-4-8(14(19)20)6-11(13)17/h1-6,18H,17H2,(H,19,20).